The summed E-state index contributed by atoms with van der Waals surface area (Å²) in [6.45, 7) is 3.23. The zero-order valence-electron chi connectivity index (χ0n) is 30.9. The van der Waals surface area contributed by atoms with Crippen molar-refractivity contribution in [2.24, 2.45) is 7.05 Å². The predicted molar refractivity (Wildman–Crippen MR) is 199 cm³/mol. The molecule has 4 aromatic rings. The fraction of sp³-hybridized carbons (Fsp3) is 0.528. The quantitative estimate of drug-likeness (QED) is 0.230. The molecule has 0 unspecified atom stereocenters. The molecule has 2 aliphatic heterocycles. The van der Waals surface area contributed by atoms with Crippen molar-refractivity contribution >= 4 is 24.9 Å². The molecule has 1 aliphatic carbocycles. The number of aromatic nitrogens is 5. The SMILES string of the molecule is CN(C)[P+](On1nnc2ccccc21)(N(C)C)N(C)C.Cn1cc(C(=O)N2CC(CC#N)(N3CCC(N[C@@H]4C[C@H]4c4ccccc4)CC3)C2)cn1. The first-order valence-corrected chi connectivity index (χ1v) is 19.2. The molecule has 1 saturated carbocycles. The van der Waals surface area contributed by atoms with Crippen LogP contribution in [-0.4, -0.2) is 141 Å². The summed E-state index contributed by atoms with van der Waals surface area (Å²) in [6.07, 6.45) is 7.27. The largest absolute Gasteiger partial charge is 0.449 e. The van der Waals surface area contributed by atoms with Crippen LogP contribution < -0.4 is 9.94 Å². The van der Waals surface area contributed by atoms with Gasteiger partial charge in [0.15, 0.2) is 0 Å². The van der Waals surface area contributed by atoms with Crippen LogP contribution >= 0.6 is 7.94 Å². The molecule has 14 nitrogen and oxygen atoms in total. The van der Waals surface area contributed by atoms with Crippen LogP contribution in [0, 0.1) is 11.3 Å². The third-order valence-corrected chi connectivity index (χ3v) is 13.8. The van der Waals surface area contributed by atoms with Gasteiger partial charge in [-0.3, -0.25) is 14.4 Å². The molecule has 15 heteroatoms. The van der Waals surface area contributed by atoms with Gasteiger partial charge in [-0.05, 0) is 47.0 Å². The average Bonchev–Trinajstić information content (AvgIpc) is 3.53. The highest BCUT2D eigenvalue weighted by atomic mass is 31.2. The van der Waals surface area contributed by atoms with E-state index in [1.807, 2.05) is 78.5 Å². The van der Waals surface area contributed by atoms with E-state index in [2.05, 4.69) is 76.0 Å². The number of hydrogen-bond acceptors (Lipinski definition) is 11. The minimum absolute atomic E-state index is 0.0129. The lowest BCUT2D eigenvalue weighted by molar-refractivity contribution is -0.0497. The molecule has 272 valence electrons. The van der Waals surface area contributed by atoms with E-state index in [0.717, 1.165) is 37.0 Å². The Labute approximate surface area is 302 Å². The van der Waals surface area contributed by atoms with Crippen molar-refractivity contribution in [3.8, 4) is 6.07 Å². The number of nitrogens with zero attached hydrogens (tertiary/aromatic N) is 11. The van der Waals surface area contributed by atoms with Crippen LogP contribution in [0.5, 0.6) is 0 Å². The first-order chi connectivity index (χ1) is 24.5. The van der Waals surface area contributed by atoms with E-state index in [1.54, 1.807) is 17.1 Å². The molecule has 1 N–H and O–H groups in total. The summed E-state index contributed by atoms with van der Waals surface area (Å²) in [5.41, 5.74) is 3.56. The lowest BCUT2D eigenvalue weighted by atomic mass is 9.82. The standard InChI is InChI=1S/C24H30N6O.C12H22N6OP/c1-28-15-19(14-26-28)23(31)29-16-24(17-29,9-10-25)30-11-7-20(8-12-30)27-22-13-21(22)18-5-3-2-4-6-18;1-15(2)20(16(3)4,17(5)6)19-18-12-10-8-7-9-11(12)13-14-18/h2-6,14-15,20-22,27H,7-9,11-13,16-17H2,1H3;7-10H,1-6H3/q;+1/t21-,22+;/m0./s1. The van der Waals surface area contributed by atoms with E-state index in [0.29, 0.717) is 43.1 Å². The molecule has 0 radical (unpaired) electrons. The molecule has 2 aromatic carbocycles. The summed E-state index contributed by atoms with van der Waals surface area (Å²) in [5, 5.41) is 25.7. The Kier molecular flexibility index (Phi) is 11.1. The lowest BCUT2D eigenvalue weighted by Gasteiger charge is -2.56. The van der Waals surface area contributed by atoms with Gasteiger partial charge >= 0.3 is 7.94 Å². The van der Waals surface area contributed by atoms with Gasteiger partial charge in [0.1, 0.15) is 11.0 Å². The highest BCUT2D eigenvalue weighted by Crippen LogP contribution is 2.61. The minimum atomic E-state index is -2.14. The topological polar surface area (TPSA) is 127 Å². The van der Waals surface area contributed by atoms with Crippen LogP contribution in [0.2, 0.25) is 0 Å². The zero-order chi connectivity index (χ0) is 36.3. The van der Waals surface area contributed by atoms with E-state index in [1.165, 1.54) is 16.8 Å². The smallest absolute Gasteiger partial charge is 0.335 e. The number of rotatable bonds is 11. The molecule has 7 rings (SSSR count). The Bertz CT molecular complexity index is 1780. The molecule has 3 fully saturated rings. The Morgan fingerprint density at radius 1 is 1.00 bits per heavy atom. The van der Waals surface area contributed by atoms with Crippen molar-refractivity contribution in [1.82, 2.24) is 54.1 Å². The molecular formula is C36H52N12O2P+. The maximum Gasteiger partial charge on any atom is 0.449 e. The summed E-state index contributed by atoms with van der Waals surface area (Å²) in [4.78, 5) is 18.5. The monoisotopic (exact) mass is 715 g/mol. The van der Waals surface area contributed by atoms with Crippen molar-refractivity contribution in [2.45, 2.75) is 49.2 Å². The molecule has 51 heavy (non-hydrogen) atoms. The molecule has 1 amide bonds. The van der Waals surface area contributed by atoms with Gasteiger partial charge in [0.25, 0.3) is 5.91 Å². The first-order valence-electron chi connectivity index (χ1n) is 17.6. The third kappa shape index (κ3) is 7.65. The van der Waals surface area contributed by atoms with Crippen LogP contribution in [-0.2, 0) is 7.05 Å². The summed E-state index contributed by atoms with van der Waals surface area (Å²) in [7, 11) is 11.7. The van der Waals surface area contributed by atoms with E-state index >= 15 is 0 Å². The fourth-order valence-corrected chi connectivity index (χ4v) is 10.6. The van der Waals surface area contributed by atoms with Crippen molar-refractivity contribution < 1.29 is 9.42 Å². The Balaban J connectivity index is 0.000000194. The normalized spacial score (nSPS) is 20.6. The van der Waals surface area contributed by atoms with Gasteiger partial charge in [-0.25, -0.2) is 0 Å². The average molecular weight is 716 g/mol. The molecule has 3 aliphatic rings. The number of benzene rings is 2. The lowest BCUT2D eigenvalue weighted by Crippen LogP contribution is -2.72. The number of carbonyl (C=O) groups is 1. The number of aryl methyl sites for hydroxylation is 1. The van der Waals surface area contributed by atoms with Crippen molar-refractivity contribution in [2.75, 3.05) is 68.5 Å². The van der Waals surface area contributed by atoms with Crippen molar-refractivity contribution in [3.63, 3.8) is 0 Å². The summed E-state index contributed by atoms with van der Waals surface area (Å²) < 4.78 is 14.2. The highest BCUT2D eigenvalue weighted by Gasteiger charge is 2.54. The molecule has 0 spiro atoms. The van der Waals surface area contributed by atoms with Crippen LogP contribution in [0.3, 0.4) is 0 Å². The summed E-state index contributed by atoms with van der Waals surface area (Å²) in [5.74, 6) is 0.668. The van der Waals surface area contributed by atoms with E-state index in [9.17, 15) is 10.1 Å². The summed E-state index contributed by atoms with van der Waals surface area (Å²) >= 11 is 0. The number of amides is 1. The number of nitrogens with one attached hydrogen (secondary N) is 1. The predicted octanol–water partition coefficient (Wildman–Crippen LogP) is 3.36. The number of para-hydroxylation sites is 1. The van der Waals surface area contributed by atoms with Gasteiger partial charge in [-0.1, -0.05) is 42.5 Å². The van der Waals surface area contributed by atoms with Gasteiger partial charge in [0.05, 0.1) is 29.8 Å². The second kappa shape index (κ2) is 15.3. The molecule has 0 bridgehead atoms. The van der Waals surface area contributed by atoms with Crippen LogP contribution in [0.15, 0.2) is 67.0 Å². The third-order valence-electron chi connectivity index (χ3n) is 10.3. The number of nitriles is 1. The van der Waals surface area contributed by atoms with Gasteiger partial charge in [0, 0.05) is 99.7 Å². The highest BCUT2D eigenvalue weighted by molar-refractivity contribution is 7.64. The Morgan fingerprint density at radius 3 is 2.25 bits per heavy atom. The van der Waals surface area contributed by atoms with Crippen LogP contribution in [0.1, 0.15) is 47.5 Å². The van der Waals surface area contributed by atoms with Crippen LogP contribution in [0.25, 0.3) is 11.0 Å². The minimum Gasteiger partial charge on any atom is -0.335 e. The molecule has 2 atom stereocenters. The number of carbonyl (C=O) groups excluding carboxylic acids is 1. The fourth-order valence-electron chi connectivity index (χ4n) is 7.67. The Morgan fingerprint density at radius 2 is 1.65 bits per heavy atom. The number of fused-ring (bicyclic) bond motifs is 1. The maximum absolute atomic E-state index is 12.7. The second-order valence-corrected chi connectivity index (χ2v) is 18.1. The van der Waals surface area contributed by atoms with Gasteiger partial charge in [0.2, 0.25) is 0 Å². The first kappa shape index (κ1) is 36.8. The molecule has 2 aromatic heterocycles. The van der Waals surface area contributed by atoms with E-state index < -0.39 is 7.94 Å². The number of piperidine rings is 1. The van der Waals surface area contributed by atoms with E-state index in [-0.39, 0.29) is 11.4 Å². The van der Waals surface area contributed by atoms with Gasteiger partial charge < -0.3 is 10.2 Å². The summed E-state index contributed by atoms with van der Waals surface area (Å²) in [6, 6.07) is 22.1. The number of hydrogen-bond donors (Lipinski definition) is 1. The molecular weight excluding hydrogens is 663 g/mol. The Hall–Kier alpha value is -3.96. The van der Waals surface area contributed by atoms with E-state index in [4.69, 9.17) is 4.62 Å². The second-order valence-electron chi connectivity index (χ2n) is 14.5. The van der Waals surface area contributed by atoms with Gasteiger partial charge in [-0.2, -0.15) is 15.0 Å². The van der Waals surface area contributed by atoms with Gasteiger partial charge in [-0.15, -0.1) is 19.1 Å². The molecule has 2 saturated heterocycles. The van der Waals surface area contributed by atoms with Crippen molar-refractivity contribution in [3.05, 3.63) is 78.1 Å². The molecule has 4 heterocycles. The van der Waals surface area contributed by atoms with Crippen LogP contribution in [0.4, 0.5) is 0 Å². The maximum atomic E-state index is 12.7. The number of likely N-dealkylation sites (tertiary alicyclic amines) is 2. The van der Waals surface area contributed by atoms with Crippen molar-refractivity contribution in [1.29, 1.82) is 5.26 Å². The zero-order valence-corrected chi connectivity index (χ0v) is 31.8.